The van der Waals surface area contributed by atoms with Gasteiger partial charge in [0.2, 0.25) is 5.91 Å². The van der Waals surface area contributed by atoms with Gasteiger partial charge in [0.25, 0.3) is 5.91 Å². The summed E-state index contributed by atoms with van der Waals surface area (Å²) in [7, 11) is 0. The third kappa shape index (κ3) is 2.35. The van der Waals surface area contributed by atoms with Crippen molar-refractivity contribution in [3.05, 3.63) is 16.0 Å². The van der Waals surface area contributed by atoms with Gasteiger partial charge < -0.3 is 11.1 Å². The molecule has 4 N–H and O–H groups in total. The SMILES string of the molecule is CC(=O)Nc1sc2c(c1C(=O)NC(N)=O)CCC2. The van der Waals surface area contributed by atoms with E-state index in [2.05, 4.69) is 5.32 Å². The molecule has 18 heavy (non-hydrogen) atoms. The van der Waals surface area contributed by atoms with Gasteiger partial charge in [0.15, 0.2) is 0 Å². The molecule has 1 aliphatic rings. The summed E-state index contributed by atoms with van der Waals surface area (Å²) in [5.41, 5.74) is 6.24. The smallest absolute Gasteiger partial charge is 0.319 e. The number of imide groups is 1. The summed E-state index contributed by atoms with van der Waals surface area (Å²) < 4.78 is 0. The minimum absolute atomic E-state index is 0.247. The molecular weight excluding hydrogens is 254 g/mol. The first-order valence-electron chi connectivity index (χ1n) is 5.52. The second-order valence-electron chi connectivity index (χ2n) is 4.06. The van der Waals surface area contributed by atoms with Crippen molar-refractivity contribution in [1.29, 1.82) is 0 Å². The summed E-state index contributed by atoms with van der Waals surface area (Å²) in [6.45, 7) is 1.38. The van der Waals surface area contributed by atoms with E-state index in [0.29, 0.717) is 10.6 Å². The maximum absolute atomic E-state index is 11.9. The lowest BCUT2D eigenvalue weighted by Gasteiger charge is -2.05. The predicted molar refractivity (Wildman–Crippen MR) is 67.7 cm³/mol. The number of carbonyl (C=O) groups is 3. The lowest BCUT2D eigenvalue weighted by Crippen LogP contribution is -2.35. The van der Waals surface area contributed by atoms with Crippen LogP contribution in [0.5, 0.6) is 0 Å². The molecular formula is C11H13N3O3S. The van der Waals surface area contributed by atoms with Crippen LogP contribution in [-0.2, 0) is 17.6 Å². The first kappa shape index (κ1) is 12.6. The maximum atomic E-state index is 11.9. The fourth-order valence-electron chi connectivity index (χ4n) is 2.07. The zero-order valence-corrected chi connectivity index (χ0v) is 10.6. The summed E-state index contributed by atoms with van der Waals surface area (Å²) >= 11 is 1.39. The Morgan fingerprint density at radius 1 is 1.28 bits per heavy atom. The van der Waals surface area contributed by atoms with Crippen LogP contribution in [0.2, 0.25) is 0 Å². The van der Waals surface area contributed by atoms with Gasteiger partial charge in [0, 0.05) is 11.8 Å². The number of aryl methyl sites for hydroxylation is 1. The van der Waals surface area contributed by atoms with Gasteiger partial charge in [-0.2, -0.15) is 0 Å². The molecule has 1 aliphatic carbocycles. The molecule has 1 heterocycles. The number of nitrogens with one attached hydrogen (secondary N) is 2. The Morgan fingerprint density at radius 2 is 2.00 bits per heavy atom. The monoisotopic (exact) mass is 267 g/mol. The summed E-state index contributed by atoms with van der Waals surface area (Å²) in [5, 5.41) is 5.16. The van der Waals surface area contributed by atoms with Crippen molar-refractivity contribution in [1.82, 2.24) is 5.32 Å². The summed E-state index contributed by atoms with van der Waals surface area (Å²) in [6, 6.07) is -0.897. The van der Waals surface area contributed by atoms with E-state index in [-0.39, 0.29) is 5.91 Å². The van der Waals surface area contributed by atoms with E-state index >= 15 is 0 Å². The Labute approximate surface area is 108 Å². The van der Waals surface area contributed by atoms with E-state index in [1.165, 1.54) is 18.3 Å². The highest BCUT2D eigenvalue weighted by atomic mass is 32.1. The van der Waals surface area contributed by atoms with E-state index in [1.807, 2.05) is 5.32 Å². The van der Waals surface area contributed by atoms with E-state index in [4.69, 9.17) is 5.73 Å². The Morgan fingerprint density at radius 3 is 2.61 bits per heavy atom. The predicted octanol–water partition coefficient (Wildman–Crippen LogP) is 1.00. The van der Waals surface area contributed by atoms with E-state index in [1.54, 1.807) is 0 Å². The van der Waals surface area contributed by atoms with Crippen LogP contribution in [0.1, 0.15) is 34.1 Å². The standard InChI is InChI=1S/C11H13N3O3S/c1-5(15)13-10-8(9(16)14-11(12)17)6-3-2-4-7(6)18-10/h2-4H2,1H3,(H,13,15)(H3,12,14,16,17). The third-order valence-electron chi connectivity index (χ3n) is 2.67. The highest BCUT2D eigenvalue weighted by molar-refractivity contribution is 7.17. The zero-order valence-electron chi connectivity index (χ0n) is 9.83. The number of rotatable bonds is 2. The molecule has 0 bridgehead atoms. The first-order chi connectivity index (χ1) is 8.49. The molecule has 0 aromatic carbocycles. The fourth-order valence-corrected chi connectivity index (χ4v) is 3.40. The van der Waals surface area contributed by atoms with Gasteiger partial charge in [-0.3, -0.25) is 14.9 Å². The normalized spacial score (nSPS) is 12.9. The van der Waals surface area contributed by atoms with Crippen molar-refractivity contribution in [3.8, 4) is 0 Å². The first-order valence-corrected chi connectivity index (χ1v) is 6.33. The van der Waals surface area contributed by atoms with Crippen LogP contribution in [0.3, 0.4) is 0 Å². The summed E-state index contributed by atoms with van der Waals surface area (Å²) in [5.74, 6) is -0.798. The number of fused-ring (bicyclic) bond motifs is 1. The van der Waals surface area contributed by atoms with E-state index < -0.39 is 11.9 Å². The molecule has 2 rings (SSSR count). The quantitative estimate of drug-likeness (QED) is 0.745. The second-order valence-corrected chi connectivity index (χ2v) is 5.17. The lowest BCUT2D eigenvalue weighted by molar-refractivity contribution is -0.114. The molecule has 0 saturated heterocycles. The van der Waals surface area contributed by atoms with Gasteiger partial charge in [0.05, 0.1) is 5.56 Å². The number of amides is 4. The van der Waals surface area contributed by atoms with Crippen LogP contribution in [-0.4, -0.2) is 17.8 Å². The van der Waals surface area contributed by atoms with Crippen molar-refractivity contribution < 1.29 is 14.4 Å². The number of nitrogens with two attached hydrogens (primary N) is 1. The highest BCUT2D eigenvalue weighted by Crippen LogP contribution is 2.38. The number of anilines is 1. The molecule has 0 unspecified atom stereocenters. The molecule has 0 spiro atoms. The average Bonchev–Trinajstić information content (AvgIpc) is 2.74. The number of carbonyl (C=O) groups excluding carboxylic acids is 3. The van der Waals surface area contributed by atoms with Gasteiger partial charge in [-0.15, -0.1) is 11.3 Å². The average molecular weight is 267 g/mol. The summed E-state index contributed by atoms with van der Waals surface area (Å²) in [6.07, 6.45) is 2.67. The number of primary amides is 1. The Bertz CT molecular complexity index is 536. The van der Waals surface area contributed by atoms with Gasteiger partial charge in [0.1, 0.15) is 5.00 Å². The highest BCUT2D eigenvalue weighted by Gasteiger charge is 2.27. The molecule has 0 fully saturated rings. The molecule has 0 radical (unpaired) electrons. The van der Waals surface area contributed by atoms with Crippen LogP contribution in [0, 0.1) is 0 Å². The van der Waals surface area contributed by atoms with Crippen molar-refractivity contribution in [2.45, 2.75) is 26.2 Å². The fraction of sp³-hybridized carbons (Fsp3) is 0.364. The summed E-state index contributed by atoms with van der Waals surface area (Å²) in [4.78, 5) is 34.9. The minimum Gasteiger partial charge on any atom is -0.351 e. The van der Waals surface area contributed by atoms with E-state index in [9.17, 15) is 14.4 Å². The van der Waals surface area contributed by atoms with Gasteiger partial charge in [-0.05, 0) is 24.8 Å². The largest absolute Gasteiger partial charge is 0.351 e. The number of hydrogen-bond acceptors (Lipinski definition) is 4. The van der Waals surface area contributed by atoms with Crippen LogP contribution in [0.15, 0.2) is 0 Å². The van der Waals surface area contributed by atoms with Crippen molar-refractivity contribution >= 4 is 34.2 Å². The van der Waals surface area contributed by atoms with Gasteiger partial charge >= 0.3 is 6.03 Å². The van der Waals surface area contributed by atoms with Crippen molar-refractivity contribution in [2.75, 3.05) is 5.32 Å². The maximum Gasteiger partial charge on any atom is 0.319 e. The molecule has 1 aromatic rings. The molecule has 7 heteroatoms. The van der Waals surface area contributed by atoms with Crippen LogP contribution < -0.4 is 16.4 Å². The zero-order chi connectivity index (χ0) is 13.3. The topological polar surface area (TPSA) is 101 Å². The van der Waals surface area contributed by atoms with Gasteiger partial charge in [-0.25, -0.2) is 4.79 Å². The minimum atomic E-state index is -0.897. The third-order valence-corrected chi connectivity index (χ3v) is 3.88. The Kier molecular flexibility index (Phi) is 3.33. The lowest BCUT2D eigenvalue weighted by atomic mass is 10.1. The molecule has 0 atom stereocenters. The van der Waals surface area contributed by atoms with Crippen LogP contribution in [0.4, 0.5) is 9.80 Å². The second kappa shape index (κ2) is 4.77. The van der Waals surface area contributed by atoms with Crippen molar-refractivity contribution in [3.63, 3.8) is 0 Å². The number of thiophene rings is 1. The molecule has 96 valence electrons. The number of hydrogen-bond donors (Lipinski definition) is 3. The van der Waals surface area contributed by atoms with Crippen LogP contribution >= 0.6 is 11.3 Å². The molecule has 6 nitrogen and oxygen atoms in total. The Hall–Kier alpha value is -1.89. The Balaban J connectivity index is 2.39. The van der Waals surface area contributed by atoms with Gasteiger partial charge in [-0.1, -0.05) is 0 Å². The molecule has 4 amide bonds. The molecule has 0 saturated carbocycles. The van der Waals surface area contributed by atoms with E-state index in [0.717, 1.165) is 29.7 Å². The molecule has 1 aromatic heterocycles. The molecule has 0 aliphatic heterocycles. The van der Waals surface area contributed by atoms with Crippen molar-refractivity contribution in [2.24, 2.45) is 5.73 Å². The number of urea groups is 1. The van der Waals surface area contributed by atoms with Crippen LogP contribution in [0.25, 0.3) is 0 Å².